The number of nitrogens with zero attached hydrogens (tertiary/aromatic N) is 2. The van der Waals surface area contributed by atoms with Gasteiger partial charge in [-0.3, -0.25) is 14.5 Å². The van der Waals surface area contributed by atoms with Crippen molar-refractivity contribution >= 4 is 5.91 Å². The first-order valence-electron chi connectivity index (χ1n) is 9.43. The minimum Gasteiger partial charge on any atom is -0.380 e. The number of likely N-dealkylation sites (tertiary alicyclic amines) is 1. The van der Waals surface area contributed by atoms with Crippen molar-refractivity contribution in [1.29, 1.82) is 0 Å². The van der Waals surface area contributed by atoms with E-state index in [1.165, 1.54) is 18.9 Å². The second-order valence-electron chi connectivity index (χ2n) is 7.08. The van der Waals surface area contributed by atoms with Crippen molar-refractivity contribution in [2.24, 2.45) is 11.8 Å². The number of aromatic nitrogens is 1. The zero-order chi connectivity index (χ0) is 17.8. The van der Waals surface area contributed by atoms with Gasteiger partial charge in [-0.05, 0) is 44.6 Å². The topological polar surface area (TPSA) is 63.6 Å². The summed E-state index contributed by atoms with van der Waals surface area (Å²) in [5.74, 6) is 1.11. The fourth-order valence-electron chi connectivity index (χ4n) is 3.75. The SMILES string of the molecule is CCOCCN1C[C@H](NC(=O)c2ccn(CC)c(=O)c2)[C@@H](C2CC2)C1. The number of ether oxygens (including phenoxy) is 1. The van der Waals surface area contributed by atoms with E-state index in [4.69, 9.17) is 4.74 Å². The molecule has 3 rings (SSSR count). The molecular weight excluding hydrogens is 318 g/mol. The van der Waals surface area contributed by atoms with Crippen molar-refractivity contribution in [3.63, 3.8) is 0 Å². The number of nitrogens with one attached hydrogen (secondary N) is 1. The van der Waals surface area contributed by atoms with E-state index >= 15 is 0 Å². The van der Waals surface area contributed by atoms with Crippen LogP contribution in [0.25, 0.3) is 0 Å². The highest BCUT2D eigenvalue weighted by atomic mass is 16.5. The Bertz CT molecular complexity index is 654. The van der Waals surface area contributed by atoms with Crippen LogP contribution in [0.4, 0.5) is 0 Å². The van der Waals surface area contributed by atoms with Crippen LogP contribution in [0.5, 0.6) is 0 Å². The van der Waals surface area contributed by atoms with Gasteiger partial charge in [-0.25, -0.2) is 0 Å². The van der Waals surface area contributed by atoms with E-state index < -0.39 is 0 Å². The highest BCUT2D eigenvalue weighted by Crippen LogP contribution is 2.41. The first-order valence-corrected chi connectivity index (χ1v) is 9.43. The van der Waals surface area contributed by atoms with Gasteiger partial charge >= 0.3 is 0 Å². The molecule has 1 aliphatic carbocycles. The van der Waals surface area contributed by atoms with E-state index in [2.05, 4.69) is 10.2 Å². The molecule has 2 aliphatic rings. The fourth-order valence-corrected chi connectivity index (χ4v) is 3.75. The summed E-state index contributed by atoms with van der Waals surface area (Å²) in [5.41, 5.74) is 0.329. The number of hydrogen-bond acceptors (Lipinski definition) is 4. The Hall–Kier alpha value is -1.66. The van der Waals surface area contributed by atoms with Crippen molar-refractivity contribution < 1.29 is 9.53 Å². The van der Waals surface area contributed by atoms with Crippen molar-refractivity contribution in [1.82, 2.24) is 14.8 Å². The van der Waals surface area contributed by atoms with Gasteiger partial charge in [-0.2, -0.15) is 0 Å². The third-order valence-electron chi connectivity index (χ3n) is 5.34. The summed E-state index contributed by atoms with van der Waals surface area (Å²) < 4.78 is 7.05. The molecule has 1 aliphatic heterocycles. The van der Waals surface area contributed by atoms with Crippen LogP contribution in [-0.4, -0.2) is 54.3 Å². The minimum atomic E-state index is -0.136. The summed E-state index contributed by atoms with van der Waals surface area (Å²) in [6.45, 7) is 8.82. The second kappa shape index (κ2) is 8.15. The molecule has 0 aromatic carbocycles. The molecule has 0 bridgehead atoms. The first kappa shape index (κ1) is 18.1. The van der Waals surface area contributed by atoms with Gasteiger partial charge in [-0.1, -0.05) is 0 Å². The van der Waals surface area contributed by atoms with Gasteiger partial charge < -0.3 is 14.6 Å². The summed E-state index contributed by atoms with van der Waals surface area (Å²) in [6.07, 6.45) is 4.23. The van der Waals surface area contributed by atoms with E-state index in [0.29, 0.717) is 18.0 Å². The van der Waals surface area contributed by atoms with Crippen LogP contribution >= 0.6 is 0 Å². The first-order chi connectivity index (χ1) is 12.1. The van der Waals surface area contributed by atoms with E-state index in [1.54, 1.807) is 16.8 Å². The van der Waals surface area contributed by atoms with Crippen LogP contribution in [0.3, 0.4) is 0 Å². The molecule has 1 aromatic heterocycles. The summed E-state index contributed by atoms with van der Waals surface area (Å²) in [5, 5.41) is 3.18. The molecule has 2 atom stereocenters. The molecule has 0 unspecified atom stereocenters. The highest BCUT2D eigenvalue weighted by molar-refractivity contribution is 5.94. The van der Waals surface area contributed by atoms with Crippen molar-refractivity contribution in [2.75, 3.05) is 32.8 Å². The molecule has 2 fully saturated rings. The number of amides is 1. The molecule has 0 spiro atoms. The van der Waals surface area contributed by atoms with Crippen molar-refractivity contribution in [2.45, 2.75) is 39.3 Å². The van der Waals surface area contributed by atoms with Gasteiger partial charge in [0.2, 0.25) is 0 Å². The average molecular weight is 347 g/mol. The predicted octanol–water partition coefficient (Wildman–Crippen LogP) is 1.34. The largest absolute Gasteiger partial charge is 0.380 e. The van der Waals surface area contributed by atoms with Crippen LogP contribution in [0.15, 0.2) is 23.1 Å². The number of carbonyl (C=O) groups excluding carboxylic acids is 1. The van der Waals surface area contributed by atoms with Gasteiger partial charge in [0.05, 0.1) is 6.61 Å². The van der Waals surface area contributed by atoms with Gasteiger partial charge in [0.25, 0.3) is 11.5 Å². The Morgan fingerprint density at radius 1 is 1.32 bits per heavy atom. The predicted molar refractivity (Wildman–Crippen MR) is 96.8 cm³/mol. The maximum atomic E-state index is 12.6. The Labute approximate surface area is 149 Å². The van der Waals surface area contributed by atoms with Crippen LogP contribution in [0.1, 0.15) is 37.0 Å². The highest BCUT2D eigenvalue weighted by Gasteiger charge is 2.42. The molecule has 1 saturated carbocycles. The minimum absolute atomic E-state index is 0.126. The zero-order valence-electron chi connectivity index (χ0n) is 15.2. The van der Waals surface area contributed by atoms with Gasteiger partial charge in [0.1, 0.15) is 0 Å². The molecule has 1 aromatic rings. The monoisotopic (exact) mass is 347 g/mol. The normalized spacial score (nSPS) is 23.8. The molecule has 6 nitrogen and oxygen atoms in total. The lowest BCUT2D eigenvalue weighted by Gasteiger charge is -2.19. The lowest BCUT2D eigenvalue weighted by molar-refractivity contribution is 0.0926. The Balaban J connectivity index is 1.62. The number of hydrogen-bond donors (Lipinski definition) is 1. The quantitative estimate of drug-likeness (QED) is 0.721. The van der Waals surface area contributed by atoms with E-state index in [9.17, 15) is 9.59 Å². The van der Waals surface area contributed by atoms with Gasteiger partial charge in [0.15, 0.2) is 0 Å². The molecular formula is C19H29N3O3. The maximum absolute atomic E-state index is 12.6. The van der Waals surface area contributed by atoms with Crippen molar-refractivity contribution in [3.8, 4) is 0 Å². The van der Waals surface area contributed by atoms with E-state index in [1.807, 2.05) is 13.8 Å². The van der Waals surface area contributed by atoms with E-state index in [-0.39, 0.29) is 17.5 Å². The van der Waals surface area contributed by atoms with Crippen molar-refractivity contribution in [3.05, 3.63) is 34.2 Å². The summed E-state index contributed by atoms with van der Waals surface area (Å²) in [4.78, 5) is 26.9. The second-order valence-corrected chi connectivity index (χ2v) is 7.08. The lowest BCUT2D eigenvalue weighted by atomic mass is 9.98. The van der Waals surface area contributed by atoms with Gasteiger partial charge in [-0.15, -0.1) is 0 Å². The van der Waals surface area contributed by atoms with Crippen LogP contribution in [0, 0.1) is 11.8 Å². The Morgan fingerprint density at radius 2 is 2.12 bits per heavy atom. The van der Waals surface area contributed by atoms with E-state index in [0.717, 1.165) is 38.8 Å². The smallest absolute Gasteiger partial charge is 0.251 e. The molecule has 2 heterocycles. The van der Waals surface area contributed by atoms with Crippen LogP contribution in [-0.2, 0) is 11.3 Å². The maximum Gasteiger partial charge on any atom is 0.251 e. The third-order valence-corrected chi connectivity index (χ3v) is 5.34. The zero-order valence-corrected chi connectivity index (χ0v) is 15.2. The number of pyridine rings is 1. The van der Waals surface area contributed by atoms with Crippen LogP contribution < -0.4 is 10.9 Å². The number of rotatable bonds is 8. The molecule has 1 saturated heterocycles. The Kier molecular flexibility index (Phi) is 5.91. The molecule has 138 valence electrons. The summed E-state index contributed by atoms with van der Waals surface area (Å²) in [7, 11) is 0. The fraction of sp³-hybridized carbons (Fsp3) is 0.684. The molecule has 1 amide bonds. The number of carbonyl (C=O) groups is 1. The van der Waals surface area contributed by atoms with Crippen LogP contribution in [0.2, 0.25) is 0 Å². The number of aryl methyl sites for hydroxylation is 1. The Morgan fingerprint density at radius 3 is 2.76 bits per heavy atom. The molecule has 1 N–H and O–H groups in total. The molecule has 6 heteroatoms. The molecule has 25 heavy (non-hydrogen) atoms. The summed E-state index contributed by atoms with van der Waals surface area (Å²) in [6, 6.07) is 3.33. The average Bonchev–Trinajstić information content (AvgIpc) is 3.37. The summed E-state index contributed by atoms with van der Waals surface area (Å²) >= 11 is 0. The molecule has 0 radical (unpaired) electrons. The van der Waals surface area contributed by atoms with Gasteiger partial charge in [0, 0.05) is 56.7 Å². The lowest BCUT2D eigenvalue weighted by Crippen LogP contribution is -2.41. The third kappa shape index (κ3) is 4.50. The standard InChI is InChI=1S/C19H29N3O3/c1-3-22-8-7-15(11-18(22)23)19(24)20-17-13-21(9-10-25-4-2)12-16(17)14-5-6-14/h7-8,11,14,16-17H,3-6,9-10,12-13H2,1-2H3,(H,20,24)/t16-,17+/m1/s1.